The molecule has 1 aliphatic heterocycles. The Morgan fingerprint density at radius 3 is 2.33 bits per heavy atom. The van der Waals surface area contributed by atoms with Crippen LogP contribution in [0.15, 0.2) is 24.3 Å². The first-order valence-corrected chi connectivity index (χ1v) is 8.65. The molecule has 0 radical (unpaired) electrons. The number of hydrogen-bond donors (Lipinski definition) is 0. The van der Waals surface area contributed by atoms with Gasteiger partial charge in [0, 0.05) is 25.7 Å². The van der Waals surface area contributed by atoms with Crippen molar-refractivity contribution in [3.05, 3.63) is 24.3 Å². The van der Waals surface area contributed by atoms with Gasteiger partial charge in [-0.05, 0) is 12.1 Å². The second-order valence-electron chi connectivity index (χ2n) is 6.42. The Kier molecular flexibility index (Phi) is 7.18. The van der Waals surface area contributed by atoms with Gasteiger partial charge in [0.15, 0.2) is 11.5 Å². The minimum atomic E-state index is -0.719. The maximum absolute atomic E-state index is 11.5. The average Bonchev–Trinajstić information content (AvgIpc) is 2.61. The molecular formula is C19H24O8. The highest BCUT2D eigenvalue weighted by molar-refractivity contribution is 5.66. The van der Waals surface area contributed by atoms with E-state index in [-0.39, 0.29) is 24.2 Å². The predicted octanol–water partition coefficient (Wildman–Crippen LogP) is 2.09. The lowest BCUT2D eigenvalue weighted by atomic mass is 9.84. The normalized spacial score (nSPS) is 27.3. The Morgan fingerprint density at radius 2 is 1.74 bits per heavy atom. The molecule has 0 spiro atoms. The van der Waals surface area contributed by atoms with Crippen LogP contribution in [0.3, 0.4) is 0 Å². The van der Waals surface area contributed by atoms with Crippen molar-refractivity contribution >= 4 is 18.4 Å². The van der Waals surface area contributed by atoms with Crippen molar-refractivity contribution in [1.82, 2.24) is 0 Å². The molecular weight excluding hydrogens is 356 g/mol. The average molecular weight is 380 g/mol. The molecule has 8 heteroatoms. The fraction of sp³-hybridized carbons (Fsp3) is 0.526. The van der Waals surface area contributed by atoms with Gasteiger partial charge in [-0.1, -0.05) is 26.0 Å². The van der Waals surface area contributed by atoms with E-state index in [1.54, 1.807) is 24.3 Å². The molecule has 2 rings (SSSR count). The summed E-state index contributed by atoms with van der Waals surface area (Å²) in [6.07, 6.45) is -1.99. The smallest absolute Gasteiger partial charge is 0.303 e. The molecule has 5 atom stereocenters. The van der Waals surface area contributed by atoms with Gasteiger partial charge in [0.25, 0.3) is 6.47 Å². The van der Waals surface area contributed by atoms with Crippen LogP contribution >= 0.6 is 0 Å². The van der Waals surface area contributed by atoms with Gasteiger partial charge in [0.1, 0.15) is 18.8 Å². The number of para-hydroxylation sites is 2. The molecule has 1 aromatic carbocycles. The van der Waals surface area contributed by atoms with Crippen LogP contribution in [0.5, 0.6) is 11.5 Å². The molecule has 0 bridgehead atoms. The number of ether oxygens (including phenoxy) is 5. The van der Waals surface area contributed by atoms with Crippen LogP contribution in [-0.2, 0) is 28.6 Å². The van der Waals surface area contributed by atoms with E-state index < -0.39 is 30.4 Å². The minimum absolute atomic E-state index is 0.0727. The summed E-state index contributed by atoms with van der Waals surface area (Å²) in [4.78, 5) is 33.3. The van der Waals surface area contributed by atoms with Crippen molar-refractivity contribution in [2.24, 2.45) is 11.8 Å². The van der Waals surface area contributed by atoms with Crippen molar-refractivity contribution in [2.75, 3.05) is 6.61 Å². The van der Waals surface area contributed by atoms with Crippen LogP contribution in [0.25, 0.3) is 0 Å². The van der Waals surface area contributed by atoms with E-state index in [9.17, 15) is 14.4 Å². The lowest BCUT2D eigenvalue weighted by molar-refractivity contribution is -0.248. The molecule has 0 saturated carbocycles. The molecule has 0 N–H and O–H groups in total. The number of hydrogen-bond acceptors (Lipinski definition) is 8. The second-order valence-corrected chi connectivity index (χ2v) is 6.42. The highest BCUT2D eigenvalue weighted by Crippen LogP contribution is 2.36. The van der Waals surface area contributed by atoms with Crippen LogP contribution in [0.4, 0.5) is 0 Å². The van der Waals surface area contributed by atoms with Crippen molar-refractivity contribution in [3.8, 4) is 11.5 Å². The van der Waals surface area contributed by atoms with Crippen LogP contribution < -0.4 is 9.47 Å². The third kappa shape index (κ3) is 5.43. The van der Waals surface area contributed by atoms with Crippen molar-refractivity contribution < 1.29 is 38.1 Å². The maximum Gasteiger partial charge on any atom is 0.303 e. The van der Waals surface area contributed by atoms with Gasteiger partial charge in [-0.2, -0.15) is 0 Å². The highest BCUT2D eigenvalue weighted by Gasteiger charge is 2.45. The molecule has 0 aromatic heterocycles. The predicted molar refractivity (Wildman–Crippen MR) is 92.9 cm³/mol. The third-order valence-corrected chi connectivity index (χ3v) is 4.47. The molecule has 0 aliphatic carbocycles. The number of benzene rings is 1. The van der Waals surface area contributed by atoms with Gasteiger partial charge in [0.2, 0.25) is 6.29 Å². The molecule has 0 unspecified atom stereocenters. The minimum Gasteiger partial charge on any atom is -0.463 e. The van der Waals surface area contributed by atoms with Crippen LogP contribution in [0.1, 0.15) is 27.7 Å². The number of carbonyl (C=O) groups is 3. The van der Waals surface area contributed by atoms with E-state index in [2.05, 4.69) is 0 Å². The molecule has 0 amide bonds. The summed E-state index contributed by atoms with van der Waals surface area (Å²) in [6, 6.07) is 6.69. The van der Waals surface area contributed by atoms with Gasteiger partial charge >= 0.3 is 11.9 Å². The Hall–Kier alpha value is -2.61. The summed E-state index contributed by atoms with van der Waals surface area (Å²) in [6.45, 7) is 6.66. The van der Waals surface area contributed by atoms with Crippen molar-refractivity contribution in [3.63, 3.8) is 0 Å². The van der Waals surface area contributed by atoms with E-state index in [0.29, 0.717) is 12.2 Å². The first-order chi connectivity index (χ1) is 12.8. The Bertz CT molecular complexity index is 673. The SMILES string of the molecule is CC(=O)OC[C@H]1O[C@@H](Oc2ccccc2OC=O)[C@H](C)[C@@H](C)[C@H]1OC(C)=O. The topological polar surface area (TPSA) is 97.4 Å². The van der Waals surface area contributed by atoms with E-state index in [1.165, 1.54) is 13.8 Å². The highest BCUT2D eigenvalue weighted by atomic mass is 16.7. The van der Waals surface area contributed by atoms with E-state index in [1.807, 2.05) is 13.8 Å². The number of carbonyl (C=O) groups excluding carboxylic acids is 3. The molecule has 1 heterocycles. The fourth-order valence-electron chi connectivity index (χ4n) is 2.92. The number of esters is 2. The standard InChI is InChI=1S/C19H24O8/c1-11-12(2)19(26-16-8-6-5-7-15(16)24-10-20)27-17(9-23-13(3)21)18(11)25-14(4)22/h5-8,10-12,17-19H,9H2,1-4H3/t11-,12-,17-,18-,19-/m1/s1. The van der Waals surface area contributed by atoms with E-state index in [4.69, 9.17) is 23.7 Å². The third-order valence-electron chi connectivity index (χ3n) is 4.47. The zero-order valence-electron chi connectivity index (χ0n) is 15.7. The second kappa shape index (κ2) is 9.36. The van der Waals surface area contributed by atoms with Crippen LogP contribution in [-0.4, -0.2) is 43.5 Å². The zero-order chi connectivity index (χ0) is 20.0. The molecule has 1 aliphatic rings. The zero-order valence-corrected chi connectivity index (χ0v) is 15.7. The van der Waals surface area contributed by atoms with Crippen molar-refractivity contribution in [1.29, 1.82) is 0 Å². The molecule has 148 valence electrons. The molecule has 27 heavy (non-hydrogen) atoms. The molecule has 1 fully saturated rings. The van der Waals surface area contributed by atoms with Crippen LogP contribution in [0, 0.1) is 11.8 Å². The fourth-order valence-corrected chi connectivity index (χ4v) is 2.92. The Balaban J connectivity index is 2.21. The largest absolute Gasteiger partial charge is 0.463 e. The molecule has 1 aromatic rings. The van der Waals surface area contributed by atoms with Gasteiger partial charge in [-0.15, -0.1) is 0 Å². The summed E-state index contributed by atoms with van der Waals surface area (Å²) in [5.74, 6) is -0.604. The summed E-state index contributed by atoms with van der Waals surface area (Å²) >= 11 is 0. The van der Waals surface area contributed by atoms with E-state index >= 15 is 0 Å². The van der Waals surface area contributed by atoms with Crippen LogP contribution in [0.2, 0.25) is 0 Å². The lowest BCUT2D eigenvalue weighted by Crippen LogP contribution is -2.54. The lowest BCUT2D eigenvalue weighted by Gasteiger charge is -2.43. The summed E-state index contributed by atoms with van der Waals surface area (Å²) in [7, 11) is 0. The summed E-state index contributed by atoms with van der Waals surface area (Å²) < 4.78 is 27.2. The van der Waals surface area contributed by atoms with Crippen molar-refractivity contribution in [2.45, 2.75) is 46.2 Å². The quantitative estimate of drug-likeness (QED) is 0.524. The number of rotatable bonds is 7. The van der Waals surface area contributed by atoms with Gasteiger partial charge in [0.05, 0.1) is 0 Å². The van der Waals surface area contributed by atoms with Gasteiger partial charge in [-0.25, -0.2) is 0 Å². The molecule has 8 nitrogen and oxygen atoms in total. The first kappa shape index (κ1) is 20.7. The molecule has 1 saturated heterocycles. The monoisotopic (exact) mass is 380 g/mol. The Morgan fingerprint density at radius 1 is 1.07 bits per heavy atom. The summed E-state index contributed by atoms with van der Waals surface area (Å²) in [5, 5.41) is 0. The maximum atomic E-state index is 11.5. The van der Waals surface area contributed by atoms with Gasteiger partial charge in [-0.3, -0.25) is 14.4 Å². The van der Waals surface area contributed by atoms with Gasteiger partial charge < -0.3 is 23.7 Å². The summed E-state index contributed by atoms with van der Waals surface area (Å²) in [5.41, 5.74) is 0. The first-order valence-electron chi connectivity index (χ1n) is 8.65. The Labute approximate surface area is 157 Å². The van der Waals surface area contributed by atoms with E-state index in [0.717, 1.165) is 0 Å².